The summed E-state index contributed by atoms with van der Waals surface area (Å²) >= 11 is 0. The number of nitrogens with zero attached hydrogens (tertiary/aromatic N) is 1. The molecule has 0 atom stereocenters. The second-order valence-corrected chi connectivity index (χ2v) is 7.74. The zero-order valence-corrected chi connectivity index (χ0v) is 14.8. The molecule has 0 radical (unpaired) electrons. The van der Waals surface area contributed by atoms with Crippen molar-refractivity contribution >= 4 is 21.4 Å². The van der Waals surface area contributed by atoms with Crippen molar-refractivity contribution in [3.05, 3.63) is 63.2 Å². The minimum atomic E-state index is -3.76. The minimum Gasteiger partial charge on any atom is -0.279 e. The molecule has 0 aliphatic heterocycles. The normalized spacial score (nSPS) is 11.5. The molecule has 0 aromatic heterocycles. The third-order valence-corrected chi connectivity index (χ3v) is 5.12. The summed E-state index contributed by atoms with van der Waals surface area (Å²) < 4.78 is 27.8. The van der Waals surface area contributed by atoms with Gasteiger partial charge in [-0.3, -0.25) is 14.8 Å². The smallest absolute Gasteiger partial charge is 0.270 e. The van der Waals surface area contributed by atoms with Crippen molar-refractivity contribution in [3.8, 4) is 0 Å². The lowest BCUT2D eigenvalue weighted by Crippen LogP contribution is -2.16. The quantitative estimate of drug-likeness (QED) is 0.649. The maximum atomic E-state index is 12.6. The number of hydrogen-bond acceptors (Lipinski definition) is 4. The predicted octanol–water partition coefficient (Wildman–Crippen LogP) is 4.14. The number of nitrogens with one attached hydrogen (secondary N) is 1. The van der Waals surface area contributed by atoms with E-state index in [1.165, 1.54) is 24.3 Å². The highest BCUT2D eigenvalue weighted by atomic mass is 32.2. The van der Waals surface area contributed by atoms with Crippen LogP contribution in [0.15, 0.2) is 41.3 Å². The molecule has 0 unspecified atom stereocenters. The third-order valence-electron chi connectivity index (χ3n) is 3.75. The van der Waals surface area contributed by atoms with Gasteiger partial charge in [-0.25, -0.2) is 8.42 Å². The van der Waals surface area contributed by atoms with Crippen LogP contribution >= 0.6 is 0 Å². The number of non-ortho nitro benzene ring substituents is 1. The molecule has 0 saturated heterocycles. The highest BCUT2D eigenvalue weighted by molar-refractivity contribution is 7.92. The van der Waals surface area contributed by atoms with Crippen LogP contribution in [0.5, 0.6) is 0 Å². The van der Waals surface area contributed by atoms with Gasteiger partial charge < -0.3 is 0 Å². The van der Waals surface area contributed by atoms with Gasteiger partial charge in [0.05, 0.1) is 15.5 Å². The van der Waals surface area contributed by atoms with Crippen LogP contribution in [0, 0.1) is 24.0 Å². The maximum absolute atomic E-state index is 12.6. The van der Waals surface area contributed by atoms with E-state index in [-0.39, 0.29) is 16.5 Å². The van der Waals surface area contributed by atoms with E-state index in [0.29, 0.717) is 16.8 Å². The maximum Gasteiger partial charge on any atom is 0.270 e. The summed E-state index contributed by atoms with van der Waals surface area (Å²) in [5.74, 6) is -0.0701. The van der Waals surface area contributed by atoms with Gasteiger partial charge in [0, 0.05) is 12.1 Å². The van der Waals surface area contributed by atoms with Crippen LogP contribution in [0.1, 0.15) is 36.5 Å². The molecule has 128 valence electrons. The summed E-state index contributed by atoms with van der Waals surface area (Å²) in [5.41, 5.74) is 2.43. The Morgan fingerprint density at radius 1 is 1.08 bits per heavy atom. The Kier molecular flexibility index (Phi) is 4.94. The number of sulfonamides is 1. The molecular weight excluding hydrogens is 328 g/mol. The van der Waals surface area contributed by atoms with E-state index >= 15 is 0 Å². The highest BCUT2D eigenvalue weighted by Crippen LogP contribution is 2.33. The van der Waals surface area contributed by atoms with E-state index in [0.717, 1.165) is 5.56 Å². The molecule has 0 fully saturated rings. The monoisotopic (exact) mass is 348 g/mol. The molecule has 1 N–H and O–H groups in total. The van der Waals surface area contributed by atoms with E-state index in [1.54, 1.807) is 19.1 Å². The Labute approximate surface area is 141 Å². The summed E-state index contributed by atoms with van der Waals surface area (Å²) in [6.07, 6.45) is 0. The molecule has 0 aliphatic rings. The van der Waals surface area contributed by atoms with Crippen LogP contribution in [-0.4, -0.2) is 13.3 Å². The van der Waals surface area contributed by atoms with E-state index < -0.39 is 14.9 Å². The number of nitro groups is 1. The molecule has 0 bridgehead atoms. The molecule has 2 aromatic carbocycles. The van der Waals surface area contributed by atoms with Crippen molar-refractivity contribution in [1.29, 1.82) is 0 Å². The molecule has 6 nitrogen and oxygen atoms in total. The zero-order chi connectivity index (χ0) is 18.1. The van der Waals surface area contributed by atoms with Gasteiger partial charge in [-0.05, 0) is 43.0 Å². The first kappa shape index (κ1) is 17.9. The van der Waals surface area contributed by atoms with Crippen LogP contribution in [0.4, 0.5) is 11.4 Å². The van der Waals surface area contributed by atoms with Crippen molar-refractivity contribution in [2.24, 2.45) is 0 Å². The van der Waals surface area contributed by atoms with Crippen LogP contribution in [0.25, 0.3) is 0 Å². The van der Waals surface area contributed by atoms with Gasteiger partial charge in [-0.15, -0.1) is 0 Å². The Bertz CT molecular complexity index is 872. The Balaban J connectivity index is 2.52. The van der Waals surface area contributed by atoms with Crippen LogP contribution in [0.3, 0.4) is 0 Å². The Morgan fingerprint density at radius 2 is 1.67 bits per heavy atom. The fraction of sp³-hybridized carbons (Fsp3) is 0.294. The van der Waals surface area contributed by atoms with Crippen molar-refractivity contribution in [2.75, 3.05) is 4.72 Å². The average molecular weight is 348 g/mol. The van der Waals surface area contributed by atoms with Crippen molar-refractivity contribution < 1.29 is 13.3 Å². The molecule has 0 amide bonds. The summed E-state index contributed by atoms with van der Waals surface area (Å²) in [6, 6.07) is 9.31. The number of benzene rings is 2. The molecule has 7 heteroatoms. The molecule has 0 spiro atoms. The standard InChI is InChI=1S/C17H20N2O4S/c1-11(2)16-10-14(19(20)21)9-13(4)17(16)18-24(22,23)15-7-5-12(3)6-8-15/h5-11,18H,1-4H3. The van der Waals surface area contributed by atoms with Gasteiger partial charge >= 0.3 is 0 Å². The van der Waals surface area contributed by atoms with Crippen LogP contribution in [-0.2, 0) is 10.0 Å². The molecule has 0 aliphatic carbocycles. The molecule has 0 saturated carbocycles. The lowest BCUT2D eigenvalue weighted by atomic mass is 9.98. The van der Waals surface area contributed by atoms with Crippen LogP contribution < -0.4 is 4.72 Å². The minimum absolute atomic E-state index is 0.0468. The SMILES string of the molecule is Cc1ccc(S(=O)(=O)Nc2c(C)cc([N+](=O)[O-])cc2C(C)C)cc1. The number of aryl methyl sites for hydroxylation is 2. The van der Waals surface area contributed by atoms with Gasteiger partial charge in [0.25, 0.3) is 15.7 Å². The largest absolute Gasteiger partial charge is 0.279 e. The Hall–Kier alpha value is -2.41. The Morgan fingerprint density at radius 3 is 2.17 bits per heavy atom. The second kappa shape index (κ2) is 6.60. The molecular formula is C17H20N2O4S. The number of rotatable bonds is 5. The fourth-order valence-electron chi connectivity index (χ4n) is 2.41. The first-order valence-electron chi connectivity index (χ1n) is 7.50. The zero-order valence-electron chi connectivity index (χ0n) is 14.0. The van der Waals surface area contributed by atoms with E-state index in [1.807, 2.05) is 20.8 Å². The van der Waals surface area contributed by atoms with Crippen molar-refractivity contribution in [2.45, 2.75) is 38.5 Å². The highest BCUT2D eigenvalue weighted by Gasteiger charge is 2.21. The van der Waals surface area contributed by atoms with Crippen molar-refractivity contribution in [1.82, 2.24) is 0 Å². The topological polar surface area (TPSA) is 89.3 Å². The fourth-order valence-corrected chi connectivity index (χ4v) is 3.57. The van der Waals surface area contributed by atoms with E-state index in [9.17, 15) is 18.5 Å². The van der Waals surface area contributed by atoms with Crippen LogP contribution in [0.2, 0.25) is 0 Å². The molecule has 24 heavy (non-hydrogen) atoms. The third kappa shape index (κ3) is 3.73. The number of nitro benzene ring substituents is 1. The number of hydrogen-bond donors (Lipinski definition) is 1. The second-order valence-electron chi connectivity index (χ2n) is 6.06. The van der Waals surface area contributed by atoms with Gasteiger partial charge in [-0.1, -0.05) is 31.5 Å². The first-order valence-corrected chi connectivity index (χ1v) is 8.98. The van der Waals surface area contributed by atoms with Gasteiger partial charge in [-0.2, -0.15) is 0 Å². The van der Waals surface area contributed by atoms with Gasteiger partial charge in [0.2, 0.25) is 0 Å². The summed E-state index contributed by atoms with van der Waals surface area (Å²) in [6.45, 7) is 7.26. The van der Waals surface area contributed by atoms with Gasteiger partial charge in [0.15, 0.2) is 0 Å². The summed E-state index contributed by atoms with van der Waals surface area (Å²) in [5, 5.41) is 11.0. The summed E-state index contributed by atoms with van der Waals surface area (Å²) in [4.78, 5) is 10.7. The average Bonchev–Trinajstić information content (AvgIpc) is 2.48. The number of anilines is 1. The van der Waals surface area contributed by atoms with Gasteiger partial charge in [0.1, 0.15) is 0 Å². The molecule has 2 rings (SSSR count). The first-order chi connectivity index (χ1) is 11.1. The lowest BCUT2D eigenvalue weighted by Gasteiger charge is -2.17. The van der Waals surface area contributed by atoms with E-state index in [4.69, 9.17) is 0 Å². The van der Waals surface area contributed by atoms with E-state index in [2.05, 4.69) is 4.72 Å². The summed E-state index contributed by atoms with van der Waals surface area (Å²) in [7, 11) is -3.76. The predicted molar refractivity (Wildman–Crippen MR) is 93.9 cm³/mol. The van der Waals surface area contributed by atoms with Crippen molar-refractivity contribution in [3.63, 3.8) is 0 Å². The molecule has 2 aromatic rings. The molecule has 0 heterocycles. The lowest BCUT2D eigenvalue weighted by molar-refractivity contribution is -0.385.